The lowest BCUT2D eigenvalue weighted by Crippen LogP contribution is -2.31. The van der Waals surface area contributed by atoms with E-state index in [0.717, 1.165) is 13.0 Å². The van der Waals surface area contributed by atoms with Crippen LogP contribution < -0.4 is 5.32 Å². The van der Waals surface area contributed by atoms with E-state index in [4.69, 9.17) is 0 Å². The summed E-state index contributed by atoms with van der Waals surface area (Å²) in [6.07, 6.45) is 12.2. The molecule has 0 saturated heterocycles. The van der Waals surface area contributed by atoms with Gasteiger partial charge in [-0.15, -0.1) is 0 Å². The van der Waals surface area contributed by atoms with Gasteiger partial charge < -0.3 is 5.32 Å². The average molecular weight is 235 g/mol. The number of aromatic nitrogens is 2. The van der Waals surface area contributed by atoms with E-state index in [9.17, 15) is 0 Å². The van der Waals surface area contributed by atoms with Gasteiger partial charge in [-0.2, -0.15) is 5.10 Å². The third kappa shape index (κ3) is 3.09. The molecule has 17 heavy (non-hydrogen) atoms. The van der Waals surface area contributed by atoms with Gasteiger partial charge in [-0.05, 0) is 31.9 Å². The third-order valence-electron chi connectivity index (χ3n) is 3.92. The summed E-state index contributed by atoms with van der Waals surface area (Å²) in [5, 5.41) is 7.97. The molecule has 0 bridgehead atoms. The second-order valence-corrected chi connectivity index (χ2v) is 5.18. The lowest BCUT2D eigenvalue weighted by Gasteiger charge is -2.23. The molecular weight excluding hydrogens is 210 g/mol. The first-order valence-electron chi connectivity index (χ1n) is 7.04. The molecule has 3 heteroatoms. The minimum atomic E-state index is 0.636. The van der Waals surface area contributed by atoms with E-state index in [1.165, 1.54) is 37.7 Å². The van der Waals surface area contributed by atoms with Crippen LogP contribution in [0.5, 0.6) is 0 Å². The van der Waals surface area contributed by atoms with Crippen LogP contribution in [-0.2, 0) is 6.54 Å². The van der Waals surface area contributed by atoms with Crippen LogP contribution in [0.15, 0.2) is 12.4 Å². The van der Waals surface area contributed by atoms with Crippen LogP contribution >= 0.6 is 0 Å². The Morgan fingerprint density at radius 3 is 2.94 bits per heavy atom. The molecule has 1 aromatic heterocycles. The van der Waals surface area contributed by atoms with Gasteiger partial charge in [0.1, 0.15) is 0 Å². The highest BCUT2D eigenvalue weighted by atomic mass is 15.3. The Hall–Kier alpha value is -0.830. The smallest absolute Gasteiger partial charge is 0.0525 e. The van der Waals surface area contributed by atoms with Crippen LogP contribution in [0.3, 0.4) is 0 Å². The molecule has 1 saturated carbocycles. The maximum Gasteiger partial charge on any atom is 0.0525 e. The Kier molecular flexibility index (Phi) is 4.60. The van der Waals surface area contributed by atoms with Crippen molar-refractivity contribution in [2.45, 2.75) is 64.0 Å². The van der Waals surface area contributed by atoms with Crippen molar-refractivity contribution in [2.75, 3.05) is 7.05 Å². The molecule has 1 aliphatic carbocycles. The molecule has 0 aliphatic heterocycles. The van der Waals surface area contributed by atoms with Crippen molar-refractivity contribution >= 4 is 0 Å². The van der Waals surface area contributed by atoms with Crippen LogP contribution in [0.2, 0.25) is 0 Å². The summed E-state index contributed by atoms with van der Waals surface area (Å²) < 4.78 is 2.09. The van der Waals surface area contributed by atoms with Gasteiger partial charge in [0.2, 0.25) is 0 Å². The molecule has 1 N–H and O–H groups in total. The number of nitrogens with one attached hydrogen (secondary N) is 1. The highest BCUT2D eigenvalue weighted by molar-refractivity contribution is 5.14. The summed E-state index contributed by atoms with van der Waals surface area (Å²) in [6, 6.07) is 0.636. The minimum absolute atomic E-state index is 0.636. The Morgan fingerprint density at radius 2 is 2.18 bits per heavy atom. The number of hydrogen-bond acceptors (Lipinski definition) is 2. The maximum atomic E-state index is 4.47. The molecule has 2 rings (SSSR count). The molecule has 1 fully saturated rings. The zero-order chi connectivity index (χ0) is 12.1. The van der Waals surface area contributed by atoms with Crippen LogP contribution in [0, 0.1) is 0 Å². The van der Waals surface area contributed by atoms with Crippen molar-refractivity contribution < 1.29 is 0 Å². The van der Waals surface area contributed by atoms with Gasteiger partial charge in [0.05, 0.1) is 6.20 Å². The Balaban J connectivity index is 2.10. The molecule has 2 atom stereocenters. The highest BCUT2D eigenvalue weighted by Crippen LogP contribution is 2.31. The van der Waals surface area contributed by atoms with Crippen molar-refractivity contribution in [3.05, 3.63) is 18.0 Å². The van der Waals surface area contributed by atoms with Gasteiger partial charge in [0.15, 0.2) is 0 Å². The van der Waals surface area contributed by atoms with Crippen LogP contribution in [0.4, 0.5) is 0 Å². The number of hydrogen-bond donors (Lipinski definition) is 1. The van der Waals surface area contributed by atoms with E-state index in [-0.39, 0.29) is 0 Å². The van der Waals surface area contributed by atoms with E-state index in [1.54, 1.807) is 0 Å². The van der Waals surface area contributed by atoms with Crippen molar-refractivity contribution in [1.29, 1.82) is 0 Å². The molecule has 0 spiro atoms. The predicted octanol–water partition coefficient (Wildman–Crippen LogP) is 2.93. The van der Waals surface area contributed by atoms with Gasteiger partial charge in [0.25, 0.3) is 0 Å². The lowest BCUT2D eigenvalue weighted by molar-refractivity contribution is 0.439. The number of rotatable bonds is 4. The first-order chi connectivity index (χ1) is 8.35. The fourth-order valence-electron chi connectivity index (χ4n) is 2.97. The summed E-state index contributed by atoms with van der Waals surface area (Å²) in [5.41, 5.74) is 1.43. The molecule has 3 nitrogen and oxygen atoms in total. The Morgan fingerprint density at radius 1 is 1.35 bits per heavy atom. The Labute approximate surface area is 105 Å². The highest BCUT2D eigenvalue weighted by Gasteiger charge is 2.24. The first kappa shape index (κ1) is 12.6. The number of nitrogens with zero attached hydrogens (tertiary/aromatic N) is 2. The molecule has 0 radical (unpaired) electrons. The predicted molar refractivity (Wildman–Crippen MR) is 71.2 cm³/mol. The summed E-state index contributed by atoms with van der Waals surface area (Å²) in [4.78, 5) is 0. The molecule has 2 unspecified atom stereocenters. The molecule has 1 heterocycles. The second-order valence-electron chi connectivity index (χ2n) is 5.18. The molecule has 96 valence electrons. The van der Waals surface area contributed by atoms with Gasteiger partial charge in [0, 0.05) is 24.7 Å². The fraction of sp³-hybridized carbons (Fsp3) is 0.786. The van der Waals surface area contributed by atoms with Crippen molar-refractivity contribution in [1.82, 2.24) is 15.1 Å². The fourth-order valence-corrected chi connectivity index (χ4v) is 2.97. The molecule has 1 aromatic rings. The normalized spacial score (nSPS) is 25.8. The summed E-state index contributed by atoms with van der Waals surface area (Å²) in [6.45, 7) is 3.24. The van der Waals surface area contributed by atoms with Crippen LogP contribution in [0.1, 0.15) is 56.9 Å². The van der Waals surface area contributed by atoms with Gasteiger partial charge in [-0.3, -0.25) is 4.68 Å². The molecule has 0 aromatic carbocycles. The zero-order valence-corrected chi connectivity index (χ0v) is 11.2. The lowest BCUT2D eigenvalue weighted by atomic mass is 9.90. The minimum Gasteiger partial charge on any atom is -0.316 e. The third-order valence-corrected chi connectivity index (χ3v) is 3.92. The van der Waals surface area contributed by atoms with E-state index >= 15 is 0 Å². The summed E-state index contributed by atoms with van der Waals surface area (Å²) >= 11 is 0. The van der Waals surface area contributed by atoms with Gasteiger partial charge in [-0.25, -0.2) is 0 Å². The number of likely N-dealkylation sites (N-methyl/N-ethyl adjacent to an activating group) is 1. The summed E-state index contributed by atoms with van der Waals surface area (Å²) in [5.74, 6) is 0.660. The first-order valence-corrected chi connectivity index (χ1v) is 7.04. The van der Waals surface area contributed by atoms with E-state index in [2.05, 4.69) is 41.5 Å². The monoisotopic (exact) mass is 235 g/mol. The molecule has 0 amide bonds. The largest absolute Gasteiger partial charge is 0.316 e. The van der Waals surface area contributed by atoms with E-state index in [1.807, 2.05) is 0 Å². The topological polar surface area (TPSA) is 29.9 Å². The van der Waals surface area contributed by atoms with Crippen molar-refractivity contribution in [3.8, 4) is 0 Å². The van der Waals surface area contributed by atoms with Crippen LogP contribution in [0.25, 0.3) is 0 Å². The standard InChI is InChI=1S/C14H25N3/c1-3-9-17-11-12(10-16-17)13-7-5-4-6-8-14(13)15-2/h10-11,13-15H,3-9H2,1-2H3. The van der Waals surface area contributed by atoms with Crippen molar-refractivity contribution in [3.63, 3.8) is 0 Å². The second kappa shape index (κ2) is 6.20. The molecule has 1 aliphatic rings. The molecular formula is C14H25N3. The quantitative estimate of drug-likeness (QED) is 0.813. The van der Waals surface area contributed by atoms with Gasteiger partial charge >= 0.3 is 0 Å². The average Bonchev–Trinajstić information content (AvgIpc) is 2.66. The van der Waals surface area contributed by atoms with Crippen LogP contribution in [-0.4, -0.2) is 22.9 Å². The maximum absolute atomic E-state index is 4.47. The van der Waals surface area contributed by atoms with E-state index < -0.39 is 0 Å². The summed E-state index contributed by atoms with van der Waals surface area (Å²) in [7, 11) is 2.10. The zero-order valence-electron chi connectivity index (χ0n) is 11.2. The SMILES string of the molecule is CCCn1cc(C2CCCCCC2NC)cn1. The number of aryl methyl sites for hydroxylation is 1. The van der Waals surface area contributed by atoms with E-state index in [0.29, 0.717) is 12.0 Å². The van der Waals surface area contributed by atoms with Crippen molar-refractivity contribution in [2.24, 2.45) is 0 Å². The van der Waals surface area contributed by atoms with Gasteiger partial charge in [-0.1, -0.05) is 26.2 Å². The Bertz CT molecular complexity index is 332.